The van der Waals surface area contributed by atoms with Gasteiger partial charge in [0.25, 0.3) is 0 Å². The predicted molar refractivity (Wildman–Crippen MR) is 88.1 cm³/mol. The van der Waals surface area contributed by atoms with Gasteiger partial charge in [0.1, 0.15) is 12.6 Å². The maximum Gasteiger partial charge on any atom is 0.327 e. The van der Waals surface area contributed by atoms with E-state index in [9.17, 15) is 4.79 Å². The fourth-order valence-corrected chi connectivity index (χ4v) is 2.09. The third kappa shape index (κ3) is 4.86. The molecular formula is C19H21NO2. The first-order valence-electron chi connectivity index (χ1n) is 7.30. The third-order valence-corrected chi connectivity index (χ3v) is 3.31. The van der Waals surface area contributed by atoms with Crippen molar-refractivity contribution in [3.63, 3.8) is 0 Å². The molecule has 22 heavy (non-hydrogen) atoms. The lowest BCUT2D eigenvalue weighted by Crippen LogP contribution is -2.38. The molecule has 3 nitrogen and oxygen atoms in total. The molecule has 0 aliphatic heterocycles. The van der Waals surface area contributed by atoms with Crippen LogP contribution in [0, 0.1) is 0 Å². The van der Waals surface area contributed by atoms with Crippen molar-refractivity contribution in [1.29, 1.82) is 0 Å². The number of hydrogen-bond donors (Lipinski definition) is 1. The molecule has 2 rings (SSSR count). The minimum Gasteiger partial charge on any atom is -0.459 e. The molecule has 1 unspecified atom stereocenters. The molecule has 0 heterocycles. The Bertz CT molecular complexity index is 608. The van der Waals surface area contributed by atoms with Crippen molar-refractivity contribution in [2.75, 3.05) is 0 Å². The van der Waals surface area contributed by atoms with Gasteiger partial charge in [-0.15, -0.1) is 0 Å². The first kappa shape index (κ1) is 16.0. The fraction of sp³-hybridized carbons (Fsp3) is 0.211. The number of carbonyl (C=O) groups is 1. The van der Waals surface area contributed by atoms with E-state index < -0.39 is 6.04 Å². The average Bonchev–Trinajstić information content (AvgIpc) is 2.55. The van der Waals surface area contributed by atoms with E-state index in [1.807, 2.05) is 67.6 Å². The second-order valence-electron chi connectivity index (χ2n) is 5.24. The Morgan fingerprint density at radius 3 is 2.14 bits per heavy atom. The Kier molecular flexibility index (Phi) is 5.92. The summed E-state index contributed by atoms with van der Waals surface area (Å²) in [5.74, 6) is -0.299. The molecule has 0 bridgehead atoms. The Morgan fingerprint density at radius 1 is 1.05 bits per heavy atom. The van der Waals surface area contributed by atoms with Gasteiger partial charge in [-0.05, 0) is 18.1 Å². The van der Waals surface area contributed by atoms with Crippen LogP contribution in [0.5, 0.6) is 0 Å². The van der Waals surface area contributed by atoms with Crippen LogP contribution in [0.15, 0.2) is 72.8 Å². The minimum absolute atomic E-state index is 0.274. The molecule has 2 aromatic rings. The fourth-order valence-electron chi connectivity index (χ4n) is 2.09. The molecule has 1 atom stereocenters. The van der Waals surface area contributed by atoms with E-state index in [4.69, 9.17) is 4.74 Å². The molecule has 0 amide bonds. The Labute approximate surface area is 131 Å². The summed E-state index contributed by atoms with van der Waals surface area (Å²) in [6.45, 7) is 6.58. The van der Waals surface area contributed by atoms with Crippen LogP contribution in [0.2, 0.25) is 0 Å². The minimum atomic E-state index is -0.496. The summed E-state index contributed by atoms with van der Waals surface area (Å²) in [5, 5.41) is 3.20. The number of rotatable bonds is 7. The molecule has 2 aromatic carbocycles. The lowest BCUT2D eigenvalue weighted by Gasteiger charge is -2.18. The van der Waals surface area contributed by atoms with Gasteiger partial charge in [-0.2, -0.15) is 0 Å². The molecule has 0 radical (unpaired) electrons. The summed E-state index contributed by atoms with van der Waals surface area (Å²) in [6.07, 6.45) is 0. The van der Waals surface area contributed by atoms with E-state index in [1.54, 1.807) is 0 Å². The summed E-state index contributed by atoms with van der Waals surface area (Å²) in [7, 11) is 0. The molecule has 0 aliphatic carbocycles. The molecule has 0 fully saturated rings. The van der Waals surface area contributed by atoms with E-state index in [0.717, 1.165) is 16.7 Å². The van der Waals surface area contributed by atoms with Gasteiger partial charge in [0.15, 0.2) is 0 Å². The molecule has 1 N–H and O–H groups in total. The zero-order valence-electron chi connectivity index (χ0n) is 12.8. The Hall–Kier alpha value is -2.39. The van der Waals surface area contributed by atoms with Gasteiger partial charge in [-0.3, -0.25) is 5.32 Å². The van der Waals surface area contributed by atoms with Gasteiger partial charge in [0, 0.05) is 6.54 Å². The summed E-state index contributed by atoms with van der Waals surface area (Å²) >= 11 is 0. The van der Waals surface area contributed by atoms with E-state index in [2.05, 4.69) is 11.9 Å². The van der Waals surface area contributed by atoms with Gasteiger partial charge in [0.2, 0.25) is 0 Å². The van der Waals surface area contributed by atoms with Gasteiger partial charge < -0.3 is 4.74 Å². The van der Waals surface area contributed by atoms with Gasteiger partial charge >= 0.3 is 5.97 Å². The van der Waals surface area contributed by atoms with E-state index >= 15 is 0 Å². The SMILES string of the molecule is C=C(C)C(NCc1ccccc1)C(=O)OCc1ccccc1. The maximum atomic E-state index is 12.2. The molecular weight excluding hydrogens is 274 g/mol. The van der Waals surface area contributed by atoms with E-state index in [-0.39, 0.29) is 12.6 Å². The number of hydrogen-bond acceptors (Lipinski definition) is 3. The summed E-state index contributed by atoms with van der Waals surface area (Å²) in [4.78, 5) is 12.2. The molecule has 0 saturated heterocycles. The summed E-state index contributed by atoms with van der Waals surface area (Å²) in [6, 6.07) is 19.1. The lowest BCUT2D eigenvalue weighted by molar-refractivity contribution is -0.146. The molecule has 0 saturated carbocycles. The normalized spacial score (nSPS) is 11.7. The van der Waals surface area contributed by atoms with Crippen LogP contribution in [0.1, 0.15) is 18.1 Å². The summed E-state index contributed by atoms with van der Waals surface area (Å²) in [5.41, 5.74) is 2.83. The second kappa shape index (κ2) is 8.15. The van der Waals surface area contributed by atoms with Gasteiger partial charge in [-0.1, -0.05) is 72.8 Å². The highest BCUT2D eigenvalue weighted by molar-refractivity contribution is 5.79. The van der Waals surface area contributed by atoms with E-state index in [1.165, 1.54) is 0 Å². The lowest BCUT2D eigenvalue weighted by atomic mass is 10.1. The molecule has 0 aromatic heterocycles. The number of ether oxygens (including phenoxy) is 1. The van der Waals surface area contributed by atoms with Crippen LogP contribution in [0.25, 0.3) is 0 Å². The van der Waals surface area contributed by atoms with Crippen molar-refractivity contribution in [2.45, 2.75) is 26.1 Å². The quantitative estimate of drug-likeness (QED) is 0.628. The average molecular weight is 295 g/mol. The number of esters is 1. The first-order chi connectivity index (χ1) is 10.7. The highest BCUT2D eigenvalue weighted by Gasteiger charge is 2.20. The summed E-state index contributed by atoms with van der Waals surface area (Å²) < 4.78 is 5.38. The van der Waals surface area contributed by atoms with Gasteiger partial charge in [0.05, 0.1) is 0 Å². The standard InChI is InChI=1S/C19H21NO2/c1-15(2)18(20-13-16-9-5-3-6-10-16)19(21)22-14-17-11-7-4-8-12-17/h3-12,18,20H,1,13-14H2,2H3. The van der Waals surface area contributed by atoms with Crippen molar-refractivity contribution in [1.82, 2.24) is 5.32 Å². The van der Waals surface area contributed by atoms with Crippen LogP contribution in [0.3, 0.4) is 0 Å². The third-order valence-electron chi connectivity index (χ3n) is 3.31. The molecule has 0 aliphatic rings. The molecule has 0 spiro atoms. The molecule has 114 valence electrons. The molecule has 3 heteroatoms. The number of nitrogens with one attached hydrogen (secondary N) is 1. The topological polar surface area (TPSA) is 38.3 Å². The highest BCUT2D eigenvalue weighted by Crippen LogP contribution is 2.07. The van der Waals surface area contributed by atoms with Crippen LogP contribution >= 0.6 is 0 Å². The van der Waals surface area contributed by atoms with Crippen LogP contribution in [-0.4, -0.2) is 12.0 Å². The smallest absolute Gasteiger partial charge is 0.327 e. The van der Waals surface area contributed by atoms with Crippen molar-refractivity contribution >= 4 is 5.97 Å². The van der Waals surface area contributed by atoms with Crippen LogP contribution in [-0.2, 0) is 22.7 Å². The van der Waals surface area contributed by atoms with Crippen LogP contribution < -0.4 is 5.32 Å². The largest absolute Gasteiger partial charge is 0.459 e. The van der Waals surface area contributed by atoms with Crippen LogP contribution in [0.4, 0.5) is 0 Å². The highest BCUT2D eigenvalue weighted by atomic mass is 16.5. The number of carbonyl (C=O) groups excluding carboxylic acids is 1. The zero-order valence-corrected chi connectivity index (χ0v) is 12.8. The maximum absolute atomic E-state index is 12.2. The van der Waals surface area contributed by atoms with Gasteiger partial charge in [-0.25, -0.2) is 4.79 Å². The predicted octanol–water partition coefficient (Wildman–Crippen LogP) is 3.46. The number of benzene rings is 2. The van der Waals surface area contributed by atoms with Crippen molar-refractivity contribution < 1.29 is 9.53 Å². The van der Waals surface area contributed by atoms with Crippen molar-refractivity contribution in [2.24, 2.45) is 0 Å². The zero-order chi connectivity index (χ0) is 15.8. The van der Waals surface area contributed by atoms with Crippen molar-refractivity contribution in [3.8, 4) is 0 Å². The van der Waals surface area contributed by atoms with Crippen molar-refractivity contribution in [3.05, 3.63) is 83.9 Å². The Morgan fingerprint density at radius 2 is 1.59 bits per heavy atom. The second-order valence-corrected chi connectivity index (χ2v) is 5.24. The van der Waals surface area contributed by atoms with E-state index in [0.29, 0.717) is 6.54 Å². The first-order valence-corrected chi connectivity index (χ1v) is 7.30. The Balaban J connectivity index is 1.89. The monoisotopic (exact) mass is 295 g/mol.